The van der Waals surface area contributed by atoms with Crippen molar-refractivity contribution in [1.29, 1.82) is 0 Å². The molecule has 1 aromatic carbocycles. The molecule has 0 aliphatic rings. The monoisotopic (exact) mass is 227 g/mol. The van der Waals surface area contributed by atoms with Crippen LogP contribution < -0.4 is 15.2 Å². The van der Waals surface area contributed by atoms with E-state index in [0.29, 0.717) is 5.69 Å². The van der Waals surface area contributed by atoms with Crippen LogP contribution in [0.4, 0.5) is 5.69 Å². The van der Waals surface area contributed by atoms with Crippen LogP contribution in [0.5, 0.6) is 0 Å². The number of hydrogen-bond donors (Lipinski definition) is 1. The highest BCUT2D eigenvalue weighted by Gasteiger charge is 2.02. The van der Waals surface area contributed by atoms with E-state index in [2.05, 4.69) is 10.4 Å². The maximum absolute atomic E-state index is 11.6. The first-order chi connectivity index (χ1) is 8.25. The Morgan fingerprint density at radius 1 is 1.12 bits per heavy atom. The van der Waals surface area contributed by atoms with Gasteiger partial charge in [-0.15, -0.1) is 0 Å². The van der Waals surface area contributed by atoms with Gasteiger partial charge in [-0.2, -0.15) is 5.43 Å². The third-order valence-electron chi connectivity index (χ3n) is 2.27. The number of aliphatic imine (C=N–C) groups is 1. The molecule has 4 nitrogen and oxygen atoms in total. The minimum Gasteiger partial charge on any atom is -0.842 e. The maximum Gasteiger partial charge on any atom is 0.209 e. The number of hydrogen-bond acceptors (Lipinski definition) is 2. The minimum absolute atomic E-state index is 0.393. The predicted molar refractivity (Wildman–Crippen MR) is 64.3 cm³/mol. The molecule has 0 aliphatic carbocycles. The van der Waals surface area contributed by atoms with Crippen molar-refractivity contribution in [1.82, 2.24) is 0 Å². The Balaban J connectivity index is 2.15. The largest absolute Gasteiger partial charge is 0.842 e. The smallest absolute Gasteiger partial charge is 0.209 e. The molecule has 0 bridgehead atoms. The number of benzene rings is 1. The van der Waals surface area contributed by atoms with E-state index >= 15 is 0 Å². The zero-order valence-electron chi connectivity index (χ0n) is 9.50. The highest BCUT2D eigenvalue weighted by atomic mass is 16.3. The van der Waals surface area contributed by atoms with Crippen molar-refractivity contribution >= 4 is 11.7 Å². The molecule has 0 spiro atoms. The van der Waals surface area contributed by atoms with Gasteiger partial charge in [0.1, 0.15) is 6.02 Å². The average Bonchev–Trinajstić information content (AvgIpc) is 2.33. The van der Waals surface area contributed by atoms with E-state index in [9.17, 15) is 5.11 Å². The van der Waals surface area contributed by atoms with Gasteiger partial charge in [0.2, 0.25) is 5.69 Å². The Morgan fingerprint density at radius 3 is 2.53 bits per heavy atom. The Hall–Kier alpha value is -2.36. The topological polar surface area (TPSA) is 51.3 Å². The van der Waals surface area contributed by atoms with E-state index in [1.807, 2.05) is 43.3 Å². The number of aromatic nitrogens is 1. The van der Waals surface area contributed by atoms with Gasteiger partial charge in [0.05, 0.1) is 5.69 Å². The van der Waals surface area contributed by atoms with Gasteiger partial charge in [-0.1, -0.05) is 22.9 Å². The van der Waals surface area contributed by atoms with Crippen LogP contribution >= 0.6 is 0 Å². The van der Waals surface area contributed by atoms with Crippen molar-refractivity contribution in [2.75, 3.05) is 5.43 Å². The van der Waals surface area contributed by atoms with Gasteiger partial charge in [-0.05, 0) is 18.2 Å². The zero-order chi connectivity index (χ0) is 12.1. The first-order valence-corrected chi connectivity index (χ1v) is 5.31. The summed E-state index contributed by atoms with van der Waals surface area (Å²) < 4.78 is 1.63. The van der Waals surface area contributed by atoms with Crippen LogP contribution in [0.2, 0.25) is 0 Å². The predicted octanol–water partition coefficient (Wildman–Crippen LogP) is 0.874. The number of para-hydroxylation sites is 1. The molecule has 0 saturated carbocycles. The van der Waals surface area contributed by atoms with Gasteiger partial charge in [-0.3, -0.25) is 0 Å². The van der Waals surface area contributed by atoms with E-state index in [4.69, 9.17) is 0 Å². The van der Waals surface area contributed by atoms with E-state index < -0.39 is 6.02 Å². The molecule has 0 unspecified atom stereocenters. The van der Waals surface area contributed by atoms with Gasteiger partial charge >= 0.3 is 0 Å². The van der Waals surface area contributed by atoms with Crippen molar-refractivity contribution in [3.8, 4) is 0 Å². The maximum atomic E-state index is 11.6. The first-order valence-electron chi connectivity index (χ1n) is 5.31. The van der Waals surface area contributed by atoms with Crippen molar-refractivity contribution in [2.45, 2.75) is 6.92 Å². The molecule has 0 radical (unpaired) electrons. The fourth-order valence-corrected chi connectivity index (χ4v) is 1.40. The molecule has 2 aromatic rings. The molecular formula is C13H13N3O. The Morgan fingerprint density at radius 2 is 1.82 bits per heavy atom. The molecule has 0 aliphatic heterocycles. The number of nitrogens with one attached hydrogen (secondary N) is 1. The second-order valence-corrected chi connectivity index (χ2v) is 3.58. The highest BCUT2D eigenvalue weighted by Crippen LogP contribution is 2.08. The third-order valence-corrected chi connectivity index (χ3v) is 2.27. The van der Waals surface area contributed by atoms with E-state index in [1.54, 1.807) is 23.0 Å². The van der Waals surface area contributed by atoms with Crippen molar-refractivity contribution < 1.29 is 9.78 Å². The summed E-state index contributed by atoms with van der Waals surface area (Å²) in [6.45, 7) is 1.91. The van der Waals surface area contributed by atoms with Crippen molar-refractivity contribution in [2.24, 2.45) is 4.99 Å². The van der Waals surface area contributed by atoms with Gasteiger partial charge < -0.3 is 5.11 Å². The summed E-state index contributed by atoms with van der Waals surface area (Å²) in [6.07, 6.45) is 1.77. The van der Waals surface area contributed by atoms with Crippen molar-refractivity contribution in [3.05, 3.63) is 60.4 Å². The average molecular weight is 227 g/mol. The number of rotatable bonds is 2. The summed E-state index contributed by atoms with van der Waals surface area (Å²) in [6, 6.07) is 14.4. The Bertz CT molecular complexity index is 523. The third kappa shape index (κ3) is 3.04. The summed E-state index contributed by atoms with van der Waals surface area (Å²) >= 11 is 0. The summed E-state index contributed by atoms with van der Waals surface area (Å²) in [4.78, 5) is 3.92. The minimum atomic E-state index is -0.393. The summed E-state index contributed by atoms with van der Waals surface area (Å²) in [5.41, 5.74) is 4.24. The van der Waals surface area contributed by atoms with Crippen molar-refractivity contribution in [3.63, 3.8) is 0 Å². The van der Waals surface area contributed by atoms with Crippen LogP contribution in [0, 0.1) is 6.92 Å². The van der Waals surface area contributed by atoms with Gasteiger partial charge in [0.15, 0.2) is 6.20 Å². The van der Waals surface area contributed by atoms with Crippen LogP contribution in [0.25, 0.3) is 0 Å². The SMILES string of the molecule is Cc1cccc[n+]1NC([O-])=Nc1ccccc1. The molecule has 1 heterocycles. The molecule has 1 aromatic heterocycles. The van der Waals surface area contributed by atoms with Gasteiger partial charge in [0.25, 0.3) is 0 Å². The molecule has 0 fully saturated rings. The van der Waals surface area contributed by atoms with E-state index in [-0.39, 0.29) is 0 Å². The molecule has 17 heavy (non-hydrogen) atoms. The lowest BCUT2D eigenvalue weighted by Crippen LogP contribution is -2.53. The van der Waals surface area contributed by atoms with Gasteiger partial charge in [0, 0.05) is 19.1 Å². The second kappa shape index (κ2) is 5.12. The molecule has 4 heteroatoms. The summed E-state index contributed by atoms with van der Waals surface area (Å²) in [5, 5.41) is 11.6. The quantitative estimate of drug-likeness (QED) is 0.470. The van der Waals surface area contributed by atoms with Crippen LogP contribution in [-0.4, -0.2) is 6.02 Å². The second-order valence-electron chi connectivity index (χ2n) is 3.58. The Kier molecular flexibility index (Phi) is 3.35. The molecule has 0 atom stereocenters. The Labute approximate surface area is 99.9 Å². The van der Waals surface area contributed by atoms with Gasteiger partial charge in [-0.25, -0.2) is 4.99 Å². The number of amidine groups is 1. The molecular weight excluding hydrogens is 214 g/mol. The molecule has 0 amide bonds. The highest BCUT2D eigenvalue weighted by molar-refractivity contribution is 5.78. The fraction of sp³-hybridized carbons (Fsp3) is 0.0769. The number of nitrogens with zero attached hydrogens (tertiary/aromatic N) is 2. The first kappa shape index (κ1) is 11.1. The van der Waals surface area contributed by atoms with Crippen LogP contribution in [0.1, 0.15) is 5.69 Å². The number of pyridine rings is 1. The lowest BCUT2D eigenvalue weighted by Gasteiger charge is -2.09. The standard InChI is InChI=1S/C13H13N3O/c1-11-7-5-6-10-16(11)15-13(17)14-12-8-3-2-4-9-12/h2-10H,1H3,(H-,14,15,17). The summed E-state index contributed by atoms with van der Waals surface area (Å²) in [7, 11) is 0. The summed E-state index contributed by atoms with van der Waals surface area (Å²) in [5.74, 6) is 0. The lowest BCUT2D eigenvalue weighted by atomic mass is 10.3. The molecule has 1 N–H and O–H groups in total. The lowest BCUT2D eigenvalue weighted by molar-refractivity contribution is -0.651. The molecule has 86 valence electrons. The zero-order valence-corrected chi connectivity index (χ0v) is 9.50. The number of aryl methyl sites for hydroxylation is 1. The molecule has 2 rings (SSSR count). The van der Waals surface area contributed by atoms with Crippen LogP contribution in [0.3, 0.4) is 0 Å². The van der Waals surface area contributed by atoms with Crippen LogP contribution in [0.15, 0.2) is 59.7 Å². The van der Waals surface area contributed by atoms with Crippen LogP contribution in [-0.2, 0) is 0 Å². The fourth-order valence-electron chi connectivity index (χ4n) is 1.40. The van der Waals surface area contributed by atoms with E-state index in [1.165, 1.54) is 0 Å². The van der Waals surface area contributed by atoms with E-state index in [0.717, 1.165) is 5.69 Å². The molecule has 0 saturated heterocycles. The normalized spacial score (nSPS) is 11.2.